The molecular weight excluding hydrogens is 326 g/mol. The summed E-state index contributed by atoms with van der Waals surface area (Å²) in [5.41, 5.74) is -0.591. The molecule has 3 amide bonds. The van der Waals surface area contributed by atoms with Gasteiger partial charge in [0.05, 0.1) is 30.6 Å². The van der Waals surface area contributed by atoms with Gasteiger partial charge in [0.25, 0.3) is 0 Å². The van der Waals surface area contributed by atoms with E-state index >= 15 is 0 Å². The van der Waals surface area contributed by atoms with Gasteiger partial charge in [0.1, 0.15) is 11.4 Å². The van der Waals surface area contributed by atoms with E-state index in [2.05, 4.69) is 10.3 Å². The van der Waals surface area contributed by atoms with Crippen LogP contribution in [0.3, 0.4) is 0 Å². The molecule has 0 aliphatic carbocycles. The molecule has 25 heavy (non-hydrogen) atoms. The highest BCUT2D eigenvalue weighted by molar-refractivity contribution is 6.06. The first-order chi connectivity index (χ1) is 11.7. The normalized spacial score (nSPS) is 30.9. The van der Waals surface area contributed by atoms with Crippen molar-refractivity contribution < 1.29 is 23.9 Å². The van der Waals surface area contributed by atoms with Gasteiger partial charge >= 0.3 is 6.09 Å². The molecule has 2 bridgehead atoms. The lowest BCUT2D eigenvalue weighted by Gasteiger charge is -2.19. The molecule has 8 heteroatoms. The van der Waals surface area contributed by atoms with Gasteiger partial charge < -0.3 is 9.47 Å². The van der Waals surface area contributed by atoms with Gasteiger partial charge in [-0.15, -0.1) is 0 Å². The van der Waals surface area contributed by atoms with Gasteiger partial charge in [0.15, 0.2) is 0 Å². The van der Waals surface area contributed by atoms with E-state index in [9.17, 15) is 14.4 Å². The van der Waals surface area contributed by atoms with Crippen LogP contribution in [-0.4, -0.2) is 59.5 Å². The van der Waals surface area contributed by atoms with Crippen LogP contribution in [0.2, 0.25) is 0 Å². The molecule has 3 heterocycles. The molecule has 8 nitrogen and oxygen atoms in total. The fourth-order valence-electron chi connectivity index (χ4n) is 3.39. The largest absolute Gasteiger partial charge is 0.444 e. The van der Waals surface area contributed by atoms with Crippen LogP contribution in [0, 0.1) is 11.8 Å². The Morgan fingerprint density at radius 1 is 1.24 bits per heavy atom. The van der Waals surface area contributed by atoms with E-state index < -0.39 is 23.5 Å². The number of likely N-dealkylation sites (tertiary alicyclic amines) is 1. The van der Waals surface area contributed by atoms with Crippen molar-refractivity contribution in [2.24, 2.45) is 16.8 Å². The first-order valence-corrected chi connectivity index (χ1v) is 8.37. The Labute approximate surface area is 146 Å². The summed E-state index contributed by atoms with van der Waals surface area (Å²) >= 11 is 0. The number of carbonyl (C=O) groups is 3. The number of fused-ring (bicyclic) bond motifs is 5. The molecule has 136 valence electrons. The zero-order valence-electron chi connectivity index (χ0n) is 14.8. The van der Waals surface area contributed by atoms with E-state index in [0.29, 0.717) is 5.84 Å². The van der Waals surface area contributed by atoms with Crippen molar-refractivity contribution in [2.45, 2.75) is 45.5 Å². The topological polar surface area (TPSA) is 97.3 Å². The highest BCUT2D eigenvalue weighted by atomic mass is 16.6. The highest BCUT2D eigenvalue weighted by Gasteiger charge is 2.60. The first kappa shape index (κ1) is 17.6. The number of nitrogens with one attached hydrogen (secondary N) is 1. The quantitative estimate of drug-likeness (QED) is 0.353. The molecule has 2 saturated heterocycles. The first-order valence-electron chi connectivity index (χ1n) is 8.37. The average Bonchev–Trinajstić information content (AvgIpc) is 3.14. The Bertz CT molecular complexity index is 634. The third-order valence-electron chi connectivity index (χ3n) is 4.36. The van der Waals surface area contributed by atoms with Crippen LogP contribution in [-0.2, 0) is 19.1 Å². The number of hydrogen-bond donors (Lipinski definition) is 1. The summed E-state index contributed by atoms with van der Waals surface area (Å²) in [5.74, 6) is -0.807. The number of hydrogen-bond acceptors (Lipinski definition) is 6. The van der Waals surface area contributed by atoms with E-state index in [1.807, 2.05) is 12.2 Å². The van der Waals surface area contributed by atoms with Gasteiger partial charge in [-0.3, -0.25) is 24.8 Å². The van der Waals surface area contributed by atoms with Crippen molar-refractivity contribution in [3.63, 3.8) is 0 Å². The van der Waals surface area contributed by atoms with Crippen molar-refractivity contribution >= 4 is 23.7 Å². The van der Waals surface area contributed by atoms with Crippen molar-refractivity contribution in [3.05, 3.63) is 12.2 Å². The lowest BCUT2D eigenvalue weighted by molar-refractivity contribution is -0.142. The van der Waals surface area contributed by atoms with Crippen LogP contribution in [0.5, 0.6) is 0 Å². The van der Waals surface area contributed by atoms with Gasteiger partial charge in [0.2, 0.25) is 11.8 Å². The second-order valence-electron chi connectivity index (χ2n) is 7.42. The number of carbonyl (C=O) groups excluding carboxylic acids is 3. The number of nitrogens with zero attached hydrogens (tertiary/aromatic N) is 2. The van der Waals surface area contributed by atoms with Crippen LogP contribution < -0.4 is 5.32 Å². The third kappa shape index (κ3) is 3.44. The van der Waals surface area contributed by atoms with Gasteiger partial charge in [-0.1, -0.05) is 12.2 Å². The maximum Gasteiger partial charge on any atom is 0.413 e. The Morgan fingerprint density at radius 2 is 1.80 bits per heavy atom. The summed E-state index contributed by atoms with van der Waals surface area (Å²) in [7, 11) is 0. The molecule has 4 atom stereocenters. The van der Waals surface area contributed by atoms with Crippen LogP contribution in [0.4, 0.5) is 4.79 Å². The van der Waals surface area contributed by atoms with Gasteiger partial charge in [-0.05, 0) is 27.7 Å². The molecule has 0 aromatic rings. The number of amidine groups is 1. The zero-order chi connectivity index (χ0) is 18.4. The maximum atomic E-state index is 12.5. The summed E-state index contributed by atoms with van der Waals surface area (Å²) in [5, 5.41) is 2.52. The minimum absolute atomic E-state index is 0.192. The Morgan fingerprint density at radius 3 is 2.32 bits per heavy atom. The van der Waals surface area contributed by atoms with Gasteiger partial charge in [0, 0.05) is 6.54 Å². The molecule has 0 saturated carbocycles. The SMILES string of the molecule is CC(=NCCN1C(=O)C2C3C=CC(O3)C2C1=O)NC(=O)OC(C)(C)C. The number of imide groups is 1. The van der Waals surface area contributed by atoms with Gasteiger partial charge in [-0.2, -0.15) is 0 Å². The number of alkyl carbamates (subject to hydrolysis) is 1. The summed E-state index contributed by atoms with van der Waals surface area (Å²) in [6.07, 6.45) is 2.56. The molecule has 1 N–H and O–H groups in total. The molecule has 3 aliphatic heterocycles. The van der Waals surface area contributed by atoms with Crippen molar-refractivity contribution in [1.29, 1.82) is 0 Å². The lowest BCUT2D eigenvalue weighted by atomic mass is 9.85. The number of ether oxygens (including phenoxy) is 2. The summed E-state index contributed by atoms with van der Waals surface area (Å²) in [4.78, 5) is 42.0. The second-order valence-corrected chi connectivity index (χ2v) is 7.42. The average molecular weight is 349 g/mol. The number of amides is 3. The van der Waals surface area contributed by atoms with E-state index in [1.165, 1.54) is 4.90 Å². The predicted octanol–water partition coefficient (Wildman–Crippen LogP) is 0.868. The highest BCUT2D eigenvalue weighted by Crippen LogP contribution is 2.44. The molecule has 0 radical (unpaired) electrons. The molecule has 4 unspecified atom stereocenters. The maximum absolute atomic E-state index is 12.5. The minimum atomic E-state index is -0.591. The molecule has 0 aromatic heterocycles. The fraction of sp³-hybridized carbons (Fsp3) is 0.647. The van der Waals surface area contributed by atoms with Gasteiger partial charge in [-0.25, -0.2) is 4.79 Å². The Kier molecular flexibility index (Phi) is 4.40. The molecule has 2 fully saturated rings. The molecule has 3 aliphatic rings. The van der Waals surface area contributed by atoms with E-state index in [0.717, 1.165) is 0 Å². The van der Waals surface area contributed by atoms with Crippen molar-refractivity contribution in [3.8, 4) is 0 Å². The fourth-order valence-corrected chi connectivity index (χ4v) is 3.39. The van der Waals surface area contributed by atoms with Crippen LogP contribution in [0.15, 0.2) is 17.1 Å². The number of rotatable bonds is 3. The molecular formula is C17H23N3O5. The predicted molar refractivity (Wildman–Crippen MR) is 88.8 cm³/mol. The standard InChI is InChI=1S/C17H23N3O5/c1-9(19-16(23)25-17(2,3)4)18-7-8-20-14(21)12-10-5-6-11(24-10)13(12)15(20)22/h5-6,10-13H,7-8H2,1-4H3,(H,18,19,23). The minimum Gasteiger partial charge on any atom is -0.444 e. The van der Waals surface area contributed by atoms with E-state index in [1.54, 1.807) is 27.7 Å². The smallest absolute Gasteiger partial charge is 0.413 e. The van der Waals surface area contributed by atoms with Crippen molar-refractivity contribution in [1.82, 2.24) is 10.2 Å². The third-order valence-corrected chi connectivity index (χ3v) is 4.36. The lowest BCUT2D eigenvalue weighted by Crippen LogP contribution is -2.37. The molecule has 0 spiro atoms. The molecule has 0 aromatic carbocycles. The molecule has 3 rings (SSSR count). The van der Waals surface area contributed by atoms with E-state index in [4.69, 9.17) is 9.47 Å². The summed E-state index contributed by atoms with van der Waals surface area (Å²) < 4.78 is 10.7. The summed E-state index contributed by atoms with van der Waals surface area (Å²) in [6.45, 7) is 7.36. The van der Waals surface area contributed by atoms with Crippen LogP contribution in [0.1, 0.15) is 27.7 Å². The zero-order valence-corrected chi connectivity index (χ0v) is 14.8. The van der Waals surface area contributed by atoms with E-state index in [-0.39, 0.29) is 37.1 Å². The summed E-state index contributed by atoms with van der Waals surface area (Å²) in [6, 6.07) is 0. The van der Waals surface area contributed by atoms with Crippen LogP contribution >= 0.6 is 0 Å². The second kappa shape index (κ2) is 6.25. The Hall–Kier alpha value is -2.22. The Balaban J connectivity index is 1.52. The monoisotopic (exact) mass is 349 g/mol. The number of aliphatic imine (C=N–C) groups is 1. The van der Waals surface area contributed by atoms with Crippen molar-refractivity contribution in [2.75, 3.05) is 13.1 Å². The van der Waals surface area contributed by atoms with Crippen LogP contribution in [0.25, 0.3) is 0 Å².